The number of hydrogen-bond acceptors (Lipinski definition) is 3. The Hall–Kier alpha value is -3.72. The van der Waals surface area contributed by atoms with E-state index in [1.165, 1.54) is 0 Å². The van der Waals surface area contributed by atoms with Gasteiger partial charge in [0.05, 0.1) is 17.2 Å². The molecule has 0 unspecified atom stereocenters. The minimum Gasteiger partial charge on any atom is -0.497 e. The van der Waals surface area contributed by atoms with Gasteiger partial charge in [-0.25, -0.2) is 0 Å². The lowest BCUT2D eigenvalue weighted by atomic mass is 10.1. The number of para-hydroxylation sites is 1. The Morgan fingerprint density at radius 3 is 2.55 bits per heavy atom. The molecule has 0 saturated carbocycles. The van der Waals surface area contributed by atoms with E-state index in [9.17, 15) is 10.1 Å². The van der Waals surface area contributed by atoms with Gasteiger partial charge in [-0.1, -0.05) is 47.5 Å². The average Bonchev–Trinajstić information content (AvgIpc) is 3.17. The Bertz CT molecular complexity index is 1400. The molecule has 4 rings (SSSR count). The fourth-order valence-electron chi connectivity index (χ4n) is 3.53. The summed E-state index contributed by atoms with van der Waals surface area (Å²) in [5.74, 6) is 0.197. The first-order chi connectivity index (χ1) is 16.0. The number of aromatic nitrogens is 1. The van der Waals surface area contributed by atoms with E-state index < -0.39 is 5.91 Å². The number of carbonyl (C=O) groups is 1. The van der Waals surface area contributed by atoms with Crippen LogP contribution in [0.4, 0.5) is 5.69 Å². The number of hydrogen-bond donors (Lipinski definition) is 1. The quantitative estimate of drug-likeness (QED) is 0.254. The Morgan fingerprint density at radius 1 is 1.09 bits per heavy atom. The summed E-state index contributed by atoms with van der Waals surface area (Å²) in [5.41, 5.74) is 3.31. The van der Waals surface area contributed by atoms with Gasteiger partial charge < -0.3 is 14.6 Å². The summed E-state index contributed by atoms with van der Waals surface area (Å²) in [6.45, 7) is 0.561. The van der Waals surface area contributed by atoms with E-state index >= 15 is 0 Å². The van der Waals surface area contributed by atoms with E-state index in [0.717, 1.165) is 22.0 Å². The van der Waals surface area contributed by atoms with Crippen LogP contribution in [0.3, 0.4) is 0 Å². The molecule has 1 N–H and O–H groups in total. The minimum absolute atomic E-state index is 0.00302. The lowest BCUT2D eigenvalue weighted by Crippen LogP contribution is -2.13. The molecule has 3 aromatic carbocycles. The number of halogens is 2. The van der Waals surface area contributed by atoms with Gasteiger partial charge in [-0.05, 0) is 54.1 Å². The van der Waals surface area contributed by atoms with Crippen molar-refractivity contribution in [1.82, 2.24) is 4.57 Å². The van der Waals surface area contributed by atoms with Crippen LogP contribution in [0.2, 0.25) is 10.0 Å². The van der Waals surface area contributed by atoms with Gasteiger partial charge in [0.25, 0.3) is 5.91 Å². The third-order valence-corrected chi connectivity index (χ3v) is 5.91. The van der Waals surface area contributed by atoms with Gasteiger partial charge in [-0.3, -0.25) is 4.79 Å². The maximum Gasteiger partial charge on any atom is 0.266 e. The van der Waals surface area contributed by atoms with Gasteiger partial charge in [0.1, 0.15) is 17.4 Å². The van der Waals surface area contributed by atoms with Crippen molar-refractivity contribution >= 4 is 51.8 Å². The number of fused-ring (bicyclic) bond motifs is 1. The second-order valence-electron chi connectivity index (χ2n) is 7.33. The molecule has 164 valence electrons. The van der Waals surface area contributed by atoms with Crippen molar-refractivity contribution in [3.8, 4) is 11.8 Å². The lowest BCUT2D eigenvalue weighted by molar-refractivity contribution is -0.112. The molecule has 0 spiro atoms. The van der Waals surface area contributed by atoms with Crippen molar-refractivity contribution < 1.29 is 9.53 Å². The summed E-state index contributed by atoms with van der Waals surface area (Å²) >= 11 is 12.2. The highest BCUT2D eigenvalue weighted by Gasteiger charge is 2.13. The van der Waals surface area contributed by atoms with Crippen LogP contribution in [-0.2, 0) is 11.3 Å². The van der Waals surface area contributed by atoms with Gasteiger partial charge >= 0.3 is 0 Å². The zero-order valence-corrected chi connectivity index (χ0v) is 19.2. The number of carbonyl (C=O) groups excluding carboxylic acids is 1. The van der Waals surface area contributed by atoms with Crippen LogP contribution in [0.5, 0.6) is 5.75 Å². The van der Waals surface area contributed by atoms with Gasteiger partial charge in [0.2, 0.25) is 0 Å². The summed E-state index contributed by atoms with van der Waals surface area (Å²) in [6.07, 6.45) is 3.53. The Morgan fingerprint density at radius 2 is 1.85 bits per heavy atom. The highest BCUT2D eigenvalue weighted by Crippen LogP contribution is 2.27. The predicted molar refractivity (Wildman–Crippen MR) is 133 cm³/mol. The molecule has 7 heteroatoms. The number of nitriles is 1. The number of ether oxygens (including phenoxy) is 1. The minimum atomic E-state index is -0.482. The number of benzene rings is 3. The van der Waals surface area contributed by atoms with Gasteiger partial charge in [0, 0.05) is 34.9 Å². The number of nitrogens with one attached hydrogen (secondary N) is 1. The Balaban J connectivity index is 1.65. The first-order valence-corrected chi connectivity index (χ1v) is 10.8. The third kappa shape index (κ3) is 5.04. The average molecular weight is 476 g/mol. The topological polar surface area (TPSA) is 67.0 Å². The van der Waals surface area contributed by atoms with E-state index in [1.807, 2.05) is 48.7 Å². The number of amides is 1. The zero-order valence-electron chi connectivity index (χ0n) is 17.7. The first kappa shape index (κ1) is 22.5. The van der Waals surface area contributed by atoms with Gasteiger partial charge in [0.15, 0.2) is 0 Å². The molecule has 0 fully saturated rings. The van der Waals surface area contributed by atoms with Crippen molar-refractivity contribution in [2.45, 2.75) is 6.54 Å². The molecule has 0 aliphatic carbocycles. The summed E-state index contributed by atoms with van der Waals surface area (Å²) in [6, 6.07) is 22.3. The largest absolute Gasteiger partial charge is 0.497 e. The van der Waals surface area contributed by atoms with Crippen molar-refractivity contribution in [3.05, 3.63) is 99.7 Å². The van der Waals surface area contributed by atoms with Crippen LogP contribution in [-0.4, -0.2) is 17.6 Å². The van der Waals surface area contributed by atoms with E-state index in [4.69, 9.17) is 27.9 Å². The smallest absolute Gasteiger partial charge is 0.266 e. The van der Waals surface area contributed by atoms with Crippen LogP contribution >= 0.6 is 23.2 Å². The summed E-state index contributed by atoms with van der Waals surface area (Å²) in [7, 11) is 1.57. The molecule has 0 aliphatic heterocycles. The molecule has 0 atom stereocenters. The summed E-state index contributed by atoms with van der Waals surface area (Å²) in [4.78, 5) is 12.7. The molecule has 1 aromatic heterocycles. The maximum absolute atomic E-state index is 12.7. The van der Waals surface area contributed by atoms with Crippen LogP contribution < -0.4 is 10.1 Å². The standard InChI is InChI=1S/C26H19Cl2N3O2/c1-33-21-9-7-20(8-10-21)30-26(32)18(14-29)13-19-16-31(25-5-3-2-4-22(19)25)15-17-6-11-23(27)24(28)12-17/h2-13,16H,15H2,1H3,(H,30,32)/b18-13-. The molecule has 4 aromatic rings. The van der Waals surface area contributed by atoms with Crippen LogP contribution in [0.1, 0.15) is 11.1 Å². The number of methoxy groups -OCH3 is 1. The SMILES string of the molecule is COc1ccc(NC(=O)/C(C#N)=C\c2cn(Cc3ccc(Cl)c(Cl)c3)c3ccccc23)cc1. The second kappa shape index (κ2) is 9.83. The predicted octanol–water partition coefficient (Wildman–Crippen LogP) is 6.55. The van der Waals surface area contributed by atoms with Gasteiger partial charge in [-0.15, -0.1) is 0 Å². The highest BCUT2D eigenvalue weighted by molar-refractivity contribution is 6.42. The number of nitrogens with zero attached hydrogens (tertiary/aromatic N) is 2. The highest BCUT2D eigenvalue weighted by atomic mass is 35.5. The van der Waals surface area contributed by atoms with Crippen LogP contribution in [0.15, 0.2) is 78.5 Å². The van der Waals surface area contributed by atoms with E-state index in [2.05, 4.69) is 9.88 Å². The summed E-state index contributed by atoms with van der Waals surface area (Å²) in [5, 5.41) is 14.3. The molecule has 0 aliphatic rings. The number of rotatable bonds is 6. The van der Waals surface area contributed by atoms with Crippen LogP contribution in [0, 0.1) is 11.3 Å². The Kier molecular flexibility index (Phi) is 6.69. The molecular formula is C26H19Cl2N3O2. The molecule has 1 heterocycles. The van der Waals surface area contributed by atoms with Crippen molar-refractivity contribution in [1.29, 1.82) is 5.26 Å². The van der Waals surface area contributed by atoms with Crippen molar-refractivity contribution in [2.75, 3.05) is 12.4 Å². The molecule has 1 amide bonds. The second-order valence-corrected chi connectivity index (χ2v) is 8.14. The fourth-order valence-corrected chi connectivity index (χ4v) is 3.85. The van der Waals surface area contributed by atoms with E-state index in [0.29, 0.717) is 28.0 Å². The Labute approximate surface area is 201 Å². The molecule has 33 heavy (non-hydrogen) atoms. The normalized spacial score (nSPS) is 11.3. The number of anilines is 1. The lowest BCUT2D eigenvalue weighted by Gasteiger charge is -2.07. The van der Waals surface area contributed by atoms with Crippen molar-refractivity contribution in [3.63, 3.8) is 0 Å². The first-order valence-electron chi connectivity index (χ1n) is 10.1. The molecule has 0 saturated heterocycles. The molecule has 0 radical (unpaired) electrons. The third-order valence-electron chi connectivity index (χ3n) is 5.17. The fraction of sp³-hybridized carbons (Fsp3) is 0.0769. The van der Waals surface area contributed by atoms with Crippen molar-refractivity contribution in [2.24, 2.45) is 0 Å². The van der Waals surface area contributed by atoms with Gasteiger partial charge in [-0.2, -0.15) is 5.26 Å². The molecular weight excluding hydrogens is 457 g/mol. The zero-order chi connectivity index (χ0) is 23.4. The van der Waals surface area contributed by atoms with E-state index in [-0.39, 0.29) is 5.57 Å². The summed E-state index contributed by atoms with van der Waals surface area (Å²) < 4.78 is 7.18. The molecule has 0 bridgehead atoms. The van der Waals surface area contributed by atoms with Crippen LogP contribution in [0.25, 0.3) is 17.0 Å². The van der Waals surface area contributed by atoms with E-state index in [1.54, 1.807) is 43.5 Å². The monoisotopic (exact) mass is 475 g/mol. The maximum atomic E-state index is 12.7. The molecule has 5 nitrogen and oxygen atoms in total.